The topological polar surface area (TPSA) is 126 Å². The number of allylic oxidation sites excluding steroid dienone is 2. The molecular formula is C25H34N4O5S. The Morgan fingerprint density at radius 2 is 1.94 bits per heavy atom. The molecule has 2 atom stereocenters. The maximum Gasteiger partial charge on any atom is 0.329 e. The van der Waals surface area contributed by atoms with E-state index in [1.54, 1.807) is 39.0 Å². The lowest BCUT2D eigenvalue weighted by Crippen LogP contribution is -2.48. The number of thioether (sulfide) groups is 1. The van der Waals surface area contributed by atoms with E-state index in [9.17, 15) is 19.2 Å². The lowest BCUT2D eigenvalue weighted by atomic mass is 10.0. The van der Waals surface area contributed by atoms with E-state index in [0.29, 0.717) is 5.69 Å². The first kappa shape index (κ1) is 28.1. The van der Waals surface area contributed by atoms with Crippen LogP contribution in [-0.2, 0) is 25.7 Å². The van der Waals surface area contributed by atoms with Crippen molar-refractivity contribution in [3.63, 3.8) is 0 Å². The highest BCUT2D eigenvalue weighted by Gasteiger charge is 2.30. The summed E-state index contributed by atoms with van der Waals surface area (Å²) in [6, 6.07) is 2.42. The molecule has 1 aromatic rings. The molecule has 0 spiro atoms. The van der Waals surface area contributed by atoms with Gasteiger partial charge in [0.2, 0.25) is 5.91 Å². The third-order valence-corrected chi connectivity index (χ3v) is 5.94. The predicted molar refractivity (Wildman–Crippen MR) is 134 cm³/mol. The Hall–Kier alpha value is -3.14. The van der Waals surface area contributed by atoms with Gasteiger partial charge in [-0.2, -0.15) is 0 Å². The van der Waals surface area contributed by atoms with Crippen molar-refractivity contribution in [1.29, 1.82) is 0 Å². The number of amides is 3. The molecule has 3 amide bonds. The molecule has 2 heterocycles. The average molecular weight is 503 g/mol. The summed E-state index contributed by atoms with van der Waals surface area (Å²) in [7, 11) is 0. The van der Waals surface area contributed by atoms with Crippen molar-refractivity contribution in [2.75, 3.05) is 6.26 Å². The molecule has 10 heteroatoms. The van der Waals surface area contributed by atoms with Crippen LogP contribution in [0.25, 0.3) is 0 Å². The van der Waals surface area contributed by atoms with Crippen LogP contribution in [-0.4, -0.2) is 47.1 Å². The van der Waals surface area contributed by atoms with Gasteiger partial charge in [-0.3, -0.25) is 14.4 Å². The Kier molecular flexibility index (Phi) is 11.0. The van der Waals surface area contributed by atoms with Gasteiger partial charge in [0.25, 0.3) is 11.8 Å². The Morgan fingerprint density at radius 3 is 2.57 bits per heavy atom. The number of carbonyl (C=O) groups is 4. The van der Waals surface area contributed by atoms with Gasteiger partial charge in [0, 0.05) is 4.90 Å². The summed E-state index contributed by atoms with van der Waals surface area (Å²) in [6.45, 7) is 7.27. The van der Waals surface area contributed by atoms with Crippen molar-refractivity contribution < 1.29 is 23.9 Å². The Labute approximate surface area is 210 Å². The second kappa shape index (κ2) is 13.7. The van der Waals surface area contributed by atoms with Crippen molar-refractivity contribution in [3.8, 4) is 0 Å². The minimum Gasteiger partial charge on any atom is -0.456 e. The summed E-state index contributed by atoms with van der Waals surface area (Å²) in [5.74, 6) is -2.48. The van der Waals surface area contributed by atoms with Gasteiger partial charge >= 0.3 is 5.97 Å². The summed E-state index contributed by atoms with van der Waals surface area (Å²) >= 11 is 1.43. The molecule has 190 valence electrons. The van der Waals surface area contributed by atoms with Gasteiger partial charge in [-0.1, -0.05) is 39.3 Å². The normalized spacial score (nSPS) is 21.6. The predicted octanol–water partition coefficient (Wildman–Crippen LogP) is 2.87. The molecule has 2 rings (SSSR count). The van der Waals surface area contributed by atoms with Crippen molar-refractivity contribution in [3.05, 3.63) is 47.4 Å². The third kappa shape index (κ3) is 8.54. The third-order valence-electron chi connectivity index (χ3n) is 5.24. The monoisotopic (exact) mass is 502 g/mol. The molecule has 0 saturated carbocycles. The molecule has 0 aromatic carbocycles. The molecule has 0 fully saturated rings. The number of unbranched alkanes of at least 4 members (excludes halogenated alkanes) is 1. The number of aromatic nitrogens is 1. The zero-order chi connectivity index (χ0) is 26.0. The summed E-state index contributed by atoms with van der Waals surface area (Å²) < 4.78 is 5.63. The lowest BCUT2D eigenvalue weighted by molar-refractivity contribution is -0.153. The minimum absolute atomic E-state index is 0.00820. The second-order valence-corrected chi connectivity index (χ2v) is 9.29. The minimum atomic E-state index is -0.975. The van der Waals surface area contributed by atoms with Crippen LogP contribution >= 0.6 is 11.8 Å². The smallest absolute Gasteiger partial charge is 0.329 e. The summed E-state index contributed by atoms with van der Waals surface area (Å²) in [4.78, 5) is 56.6. The number of ether oxygens (including phenoxy) is 1. The molecule has 2 bridgehead atoms. The maximum atomic E-state index is 13.0. The fourth-order valence-electron chi connectivity index (χ4n) is 3.28. The van der Waals surface area contributed by atoms with E-state index >= 15 is 0 Å². The number of nitrogens with one attached hydrogen (secondary N) is 3. The van der Waals surface area contributed by atoms with E-state index in [1.807, 2.05) is 19.3 Å². The van der Waals surface area contributed by atoms with Crippen molar-refractivity contribution in [2.45, 2.75) is 70.5 Å². The van der Waals surface area contributed by atoms with Gasteiger partial charge in [0.05, 0.1) is 18.7 Å². The molecule has 0 radical (unpaired) electrons. The van der Waals surface area contributed by atoms with Gasteiger partial charge in [0.1, 0.15) is 23.5 Å². The molecule has 0 aliphatic carbocycles. The van der Waals surface area contributed by atoms with Crippen molar-refractivity contribution in [1.82, 2.24) is 20.9 Å². The largest absolute Gasteiger partial charge is 0.456 e. The van der Waals surface area contributed by atoms with Crippen LogP contribution in [0.4, 0.5) is 0 Å². The molecular weight excluding hydrogens is 468 g/mol. The number of cyclic esters (lactones) is 1. The summed E-state index contributed by atoms with van der Waals surface area (Å²) in [5, 5.41) is 8.01. The molecule has 35 heavy (non-hydrogen) atoms. The quantitative estimate of drug-likeness (QED) is 0.245. The zero-order valence-electron chi connectivity index (χ0n) is 20.8. The van der Waals surface area contributed by atoms with E-state index in [0.717, 1.165) is 17.7 Å². The van der Waals surface area contributed by atoms with Crippen molar-refractivity contribution in [2.24, 2.45) is 5.92 Å². The van der Waals surface area contributed by atoms with E-state index < -0.39 is 29.9 Å². The molecule has 0 saturated heterocycles. The Morgan fingerprint density at radius 1 is 1.20 bits per heavy atom. The number of carbonyl (C=O) groups excluding carboxylic acids is 4. The van der Waals surface area contributed by atoms with Crippen LogP contribution in [0.5, 0.6) is 0 Å². The number of pyridine rings is 1. The number of esters is 1. The van der Waals surface area contributed by atoms with Gasteiger partial charge in [-0.05, 0) is 43.7 Å². The van der Waals surface area contributed by atoms with Crippen LogP contribution in [0.15, 0.2) is 41.0 Å². The molecule has 0 unspecified atom stereocenters. The number of rotatable bonds is 5. The van der Waals surface area contributed by atoms with E-state index in [1.165, 1.54) is 17.8 Å². The summed E-state index contributed by atoms with van der Waals surface area (Å²) in [5.41, 5.74) is 0.593. The lowest BCUT2D eigenvalue weighted by Gasteiger charge is -2.24. The summed E-state index contributed by atoms with van der Waals surface area (Å²) in [6.07, 6.45) is 7.70. The first-order valence-corrected chi connectivity index (χ1v) is 12.9. The second-order valence-electron chi connectivity index (χ2n) is 8.41. The first-order valence-electron chi connectivity index (χ1n) is 11.7. The van der Waals surface area contributed by atoms with Crippen LogP contribution in [0.2, 0.25) is 0 Å². The Balaban J connectivity index is 2.46. The van der Waals surface area contributed by atoms with Crippen LogP contribution in [0, 0.1) is 5.92 Å². The number of fused-ring (bicyclic) bond motifs is 2. The average Bonchev–Trinajstić information content (AvgIpc) is 2.83. The number of hydrogen-bond donors (Lipinski definition) is 3. The van der Waals surface area contributed by atoms with Gasteiger partial charge in [-0.25, -0.2) is 9.78 Å². The number of hydrogen-bond acceptors (Lipinski definition) is 7. The van der Waals surface area contributed by atoms with E-state index in [-0.39, 0.29) is 36.2 Å². The van der Waals surface area contributed by atoms with Gasteiger partial charge in [-0.15, -0.1) is 11.8 Å². The van der Waals surface area contributed by atoms with Crippen LogP contribution < -0.4 is 16.0 Å². The van der Waals surface area contributed by atoms with Crippen molar-refractivity contribution >= 4 is 35.5 Å². The molecule has 3 N–H and O–H groups in total. The van der Waals surface area contributed by atoms with Gasteiger partial charge < -0.3 is 20.7 Å². The number of nitrogens with zero attached hydrogens (tertiary/aromatic N) is 1. The fraction of sp³-hybridized carbons (Fsp3) is 0.480. The van der Waals surface area contributed by atoms with Crippen LogP contribution in [0.3, 0.4) is 0 Å². The Bertz CT molecular complexity index is 1010. The SMILES string of the molecule is C/C=C1\NC(=O)c2cc(SC)cc(n2)CNC(=O)C[C@@H](/C=C/CCC)OC(=O)[C@H](C(C)C)NC1=O. The maximum absolute atomic E-state index is 13.0. The molecule has 1 aromatic heterocycles. The van der Waals surface area contributed by atoms with Gasteiger partial charge in [0.15, 0.2) is 0 Å². The first-order chi connectivity index (χ1) is 16.7. The standard InChI is InChI=1S/C25H34N4O5S/c1-6-8-9-10-17-12-21(30)26-14-16-11-18(35-5)13-20(27-16)24(32)28-19(7-2)23(31)29-22(15(3)4)25(33)34-17/h7,9-11,13,15,17,22H,6,8,12,14H2,1-5H3,(H,26,30)(H,28,32)(H,29,31)/b10-9+,19-7-/t17-,22+/m1/s1. The van der Waals surface area contributed by atoms with Crippen LogP contribution in [0.1, 0.15) is 63.1 Å². The van der Waals surface area contributed by atoms with E-state index in [2.05, 4.69) is 20.9 Å². The highest BCUT2D eigenvalue weighted by molar-refractivity contribution is 7.98. The molecule has 1 aliphatic rings. The molecule has 9 nitrogen and oxygen atoms in total. The highest BCUT2D eigenvalue weighted by Crippen LogP contribution is 2.18. The molecule has 1 aliphatic heterocycles. The fourth-order valence-corrected chi connectivity index (χ4v) is 3.76. The zero-order valence-corrected chi connectivity index (χ0v) is 21.7. The van der Waals surface area contributed by atoms with E-state index in [4.69, 9.17) is 4.74 Å². The highest BCUT2D eigenvalue weighted by atomic mass is 32.2.